The van der Waals surface area contributed by atoms with Crippen LogP contribution in [0.3, 0.4) is 0 Å². The Hall–Kier alpha value is -2.89. The molecular weight excluding hydrogens is 258 g/mol. The van der Waals surface area contributed by atoms with E-state index in [1.54, 1.807) is 31.3 Å². The van der Waals surface area contributed by atoms with Crippen molar-refractivity contribution in [2.45, 2.75) is 0 Å². The lowest BCUT2D eigenvalue weighted by Gasteiger charge is -2.06. The average Bonchev–Trinajstić information content (AvgIpc) is 2.47. The molecule has 0 radical (unpaired) electrons. The normalized spacial score (nSPS) is 9.85. The van der Waals surface area contributed by atoms with Crippen LogP contribution in [0, 0.1) is 0 Å². The zero-order valence-electron chi connectivity index (χ0n) is 10.8. The van der Waals surface area contributed by atoms with Crippen LogP contribution >= 0.6 is 0 Å². The lowest BCUT2D eigenvalue weighted by atomic mass is 10.2. The molecule has 0 spiro atoms. The molecule has 0 aliphatic heterocycles. The van der Waals surface area contributed by atoms with Crippen molar-refractivity contribution in [2.24, 2.45) is 0 Å². The second kappa shape index (κ2) is 5.83. The molecule has 6 nitrogen and oxygen atoms in total. The highest BCUT2D eigenvalue weighted by Gasteiger charge is 2.08. The average molecular weight is 271 g/mol. The van der Waals surface area contributed by atoms with Gasteiger partial charge in [0, 0.05) is 24.5 Å². The van der Waals surface area contributed by atoms with Crippen LogP contribution in [0.5, 0.6) is 5.75 Å². The first-order valence-corrected chi connectivity index (χ1v) is 5.87. The van der Waals surface area contributed by atoms with E-state index in [2.05, 4.69) is 15.6 Å². The zero-order valence-corrected chi connectivity index (χ0v) is 10.8. The molecule has 0 unspecified atom stereocenters. The van der Waals surface area contributed by atoms with Crippen molar-refractivity contribution < 1.29 is 14.7 Å². The molecule has 0 fully saturated rings. The summed E-state index contributed by atoms with van der Waals surface area (Å²) < 4.78 is 0. The summed E-state index contributed by atoms with van der Waals surface area (Å²) in [7, 11) is 1.55. The third-order valence-corrected chi connectivity index (χ3v) is 2.62. The fraction of sp³-hybridized carbons (Fsp3) is 0.0714. The predicted octanol–water partition coefficient (Wildman–Crippen LogP) is 1.40. The standard InChI is InChI=1S/C14H13N3O3/c1-15-13(19)9-2-4-11(5-3-9)17-14(20)10-6-12(18)8-16-7-10/h2-8,18H,1H3,(H,15,19)(H,17,20). The summed E-state index contributed by atoms with van der Waals surface area (Å²) in [6, 6.07) is 7.78. The molecule has 2 amide bonds. The molecule has 0 aliphatic carbocycles. The Kier molecular flexibility index (Phi) is 3.95. The van der Waals surface area contributed by atoms with Gasteiger partial charge < -0.3 is 15.7 Å². The minimum absolute atomic E-state index is 0.0763. The Bertz CT molecular complexity index is 638. The van der Waals surface area contributed by atoms with E-state index in [4.69, 9.17) is 0 Å². The van der Waals surface area contributed by atoms with Gasteiger partial charge in [0.25, 0.3) is 11.8 Å². The van der Waals surface area contributed by atoms with E-state index in [1.165, 1.54) is 18.5 Å². The molecule has 1 heterocycles. The van der Waals surface area contributed by atoms with E-state index in [-0.39, 0.29) is 23.1 Å². The second-order valence-electron chi connectivity index (χ2n) is 4.04. The maximum absolute atomic E-state index is 11.9. The number of amides is 2. The molecule has 0 saturated heterocycles. The minimum Gasteiger partial charge on any atom is -0.506 e. The second-order valence-corrected chi connectivity index (χ2v) is 4.04. The summed E-state index contributed by atoms with van der Waals surface area (Å²) in [5.74, 6) is -0.659. The summed E-state index contributed by atoms with van der Waals surface area (Å²) in [6.07, 6.45) is 2.60. The van der Waals surface area contributed by atoms with E-state index in [0.717, 1.165) is 0 Å². The predicted molar refractivity (Wildman–Crippen MR) is 73.7 cm³/mol. The lowest BCUT2D eigenvalue weighted by molar-refractivity contribution is 0.0962. The van der Waals surface area contributed by atoms with Crippen molar-refractivity contribution in [3.8, 4) is 5.75 Å². The van der Waals surface area contributed by atoms with Crippen molar-refractivity contribution in [2.75, 3.05) is 12.4 Å². The molecule has 0 bridgehead atoms. The molecule has 2 aromatic rings. The Morgan fingerprint density at radius 2 is 1.75 bits per heavy atom. The number of aromatic hydroxyl groups is 1. The number of benzene rings is 1. The maximum atomic E-state index is 11.9. The quantitative estimate of drug-likeness (QED) is 0.787. The van der Waals surface area contributed by atoms with Crippen LogP contribution in [0.15, 0.2) is 42.7 Å². The molecule has 0 saturated carbocycles. The van der Waals surface area contributed by atoms with Gasteiger partial charge in [-0.25, -0.2) is 0 Å². The van der Waals surface area contributed by atoms with Crippen molar-refractivity contribution in [3.63, 3.8) is 0 Å². The van der Waals surface area contributed by atoms with E-state index >= 15 is 0 Å². The molecule has 20 heavy (non-hydrogen) atoms. The van der Waals surface area contributed by atoms with Crippen LogP contribution in [0.4, 0.5) is 5.69 Å². The van der Waals surface area contributed by atoms with Crippen molar-refractivity contribution in [1.29, 1.82) is 0 Å². The Labute approximate surface area is 115 Å². The maximum Gasteiger partial charge on any atom is 0.257 e. The first-order chi connectivity index (χ1) is 9.60. The molecule has 3 N–H and O–H groups in total. The van der Waals surface area contributed by atoms with Crippen LogP contribution < -0.4 is 10.6 Å². The number of nitrogens with one attached hydrogen (secondary N) is 2. The summed E-state index contributed by atoms with van der Waals surface area (Å²) in [5, 5.41) is 14.4. The number of hydrogen-bond donors (Lipinski definition) is 3. The van der Waals surface area contributed by atoms with Gasteiger partial charge in [0.05, 0.1) is 11.8 Å². The number of hydrogen-bond acceptors (Lipinski definition) is 4. The number of carbonyl (C=O) groups is 2. The third kappa shape index (κ3) is 3.11. The number of anilines is 1. The Morgan fingerprint density at radius 3 is 2.35 bits per heavy atom. The van der Waals surface area contributed by atoms with Gasteiger partial charge in [-0.2, -0.15) is 0 Å². The molecule has 1 aromatic heterocycles. The van der Waals surface area contributed by atoms with Crippen molar-refractivity contribution >= 4 is 17.5 Å². The highest BCUT2D eigenvalue weighted by Crippen LogP contribution is 2.13. The zero-order chi connectivity index (χ0) is 14.5. The molecule has 0 atom stereocenters. The highest BCUT2D eigenvalue weighted by atomic mass is 16.3. The Balaban J connectivity index is 2.10. The number of pyridine rings is 1. The largest absolute Gasteiger partial charge is 0.506 e. The van der Waals surface area contributed by atoms with Gasteiger partial charge in [-0.05, 0) is 30.3 Å². The van der Waals surface area contributed by atoms with Crippen LogP contribution in [0.2, 0.25) is 0 Å². The minimum atomic E-state index is -0.388. The topological polar surface area (TPSA) is 91.3 Å². The fourth-order valence-electron chi connectivity index (χ4n) is 1.60. The monoisotopic (exact) mass is 271 g/mol. The van der Waals surface area contributed by atoms with Gasteiger partial charge in [-0.15, -0.1) is 0 Å². The van der Waals surface area contributed by atoms with Gasteiger partial charge in [-0.3, -0.25) is 14.6 Å². The number of nitrogens with zero attached hydrogens (tertiary/aromatic N) is 1. The summed E-state index contributed by atoms with van der Waals surface area (Å²) >= 11 is 0. The van der Waals surface area contributed by atoms with E-state index in [1.807, 2.05) is 0 Å². The first kappa shape index (κ1) is 13.5. The highest BCUT2D eigenvalue weighted by molar-refractivity contribution is 6.04. The fourth-order valence-corrected chi connectivity index (χ4v) is 1.60. The summed E-state index contributed by atoms with van der Waals surface area (Å²) in [5.41, 5.74) is 1.30. The molecule has 0 aliphatic rings. The number of aromatic nitrogens is 1. The molecule has 2 rings (SSSR count). The molecule has 6 heteroatoms. The van der Waals surface area contributed by atoms with Crippen LogP contribution in [0.1, 0.15) is 20.7 Å². The number of rotatable bonds is 3. The van der Waals surface area contributed by atoms with Gasteiger partial charge in [0.1, 0.15) is 5.75 Å². The smallest absolute Gasteiger partial charge is 0.257 e. The van der Waals surface area contributed by atoms with Crippen molar-refractivity contribution in [1.82, 2.24) is 10.3 Å². The first-order valence-electron chi connectivity index (χ1n) is 5.87. The molecule has 102 valence electrons. The summed E-state index contributed by atoms with van der Waals surface area (Å²) in [4.78, 5) is 27.0. The van der Waals surface area contributed by atoms with Gasteiger partial charge in [0.15, 0.2) is 0 Å². The Morgan fingerprint density at radius 1 is 1.05 bits per heavy atom. The van der Waals surface area contributed by atoms with Gasteiger partial charge in [-0.1, -0.05) is 0 Å². The van der Waals surface area contributed by atoms with Crippen molar-refractivity contribution in [3.05, 3.63) is 53.9 Å². The van der Waals surface area contributed by atoms with E-state index in [0.29, 0.717) is 11.3 Å². The van der Waals surface area contributed by atoms with Crippen LogP contribution in [0.25, 0.3) is 0 Å². The van der Waals surface area contributed by atoms with Gasteiger partial charge in [0.2, 0.25) is 0 Å². The lowest BCUT2D eigenvalue weighted by Crippen LogP contribution is -2.17. The SMILES string of the molecule is CNC(=O)c1ccc(NC(=O)c2cncc(O)c2)cc1. The molecule has 1 aromatic carbocycles. The van der Waals surface area contributed by atoms with E-state index in [9.17, 15) is 14.7 Å². The summed E-state index contributed by atoms with van der Waals surface area (Å²) in [6.45, 7) is 0. The van der Waals surface area contributed by atoms with Crippen LogP contribution in [-0.4, -0.2) is 29.0 Å². The van der Waals surface area contributed by atoms with Gasteiger partial charge >= 0.3 is 0 Å². The number of carbonyl (C=O) groups excluding carboxylic acids is 2. The van der Waals surface area contributed by atoms with E-state index < -0.39 is 0 Å². The molecular formula is C14H13N3O3. The third-order valence-electron chi connectivity index (χ3n) is 2.62. The van der Waals surface area contributed by atoms with Crippen LogP contribution in [-0.2, 0) is 0 Å².